The van der Waals surface area contributed by atoms with Gasteiger partial charge in [0.05, 0.1) is 31.0 Å². The molecule has 7 nitrogen and oxygen atoms in total. The molecule has 4 rings (SSSR count). The van der Waals surface area contributed by atoms with Gasteiger partial charge in [0.1, 0.15) is 18.2 Å². The predicted octanol–water partition coefficient (Wildman–Crippen LogP) is 5.37. The summed E-state index contributed by atoms with van der Waals surface area (Å²) in [4.78, 5) is 20.6. The van der Waals surface area contributed by atoms with Crippen molar-refractivity contribution in [1.29, 1.82) is 0 Å². The lowest BCUT2D eigenvalue weighted by Crippen LogP contribution is -2.06. The fourth-order valence-electron chi connectivity index (χ4n) is 2.88. The van der Waals surface area contributed by atoms with Crippen LogP contribution in [0.2, 0.25) is 0 Å². The van der Waals surface area contributed by atoms with Crippen molar-refractivity contribution in [2.24, 2.45) is 0 Å². The molecule has 0 spiro atoms. The number of rotatable bonds is 9. The van der Waals surface area contributed by atoms with Crippen molar-refractivity contribution < 1.29 is 23.1 Å². The van der Waals surface area contributed by atoms with Gasteiger partial charge in [-0.05, 0) is 36.4 Å². The number of anilines is 2. The van der Waals surface area contributed by atoms with E-state index in [1.54, 1.807) is 25.3 Å². The van der Waals surface area contributed by atoms with Crippen molar-refractivity contribution in [2.75, 3.05) is 12.4 Å². The molecule has 0 radical (unpaired) electrons. The molecule has 0 fully saturated rings. The fourth-order valence-corrected chi connectivity index (χ4v) is 3.59. The summed E-state index contributed by atoms with van der Waals surface area (Å²) in [6.07, 6.45) is 1.80. The number of ether oxygens (including phenoxy) is 2. The van der Waals surface area contributed by atoms with Gasteiger partial charge in [-0.2, -0.15) is 0 Å². The van der Waals surface area contributed by atoms with Crippen LogP contribution in [0.3, 0.4) is 0 Å². The van der Waals surface area contributed by atoms with Crippen molar-refractivity contribution in [1.82, 2.24) is 9.97 Å². The summed E-state index contributed by atoms with van der Waals surface area (Å²) >= 11 is 1.42. The van der Waals surface area contributed by atoms with Crippen molar-refractivity contribution in [3.05, 3.63) is 77.5 Å². The number of carbonyl (C=O) groups is 1. The minimum atomic E-state index is -0.395. The molecule has 1 N–H and O–H groups in total. The predicted molar refractivity (Wildman–Crippen MR) is 118 cm³/mol. The van der Waals surface area contributed by atoms with Gasteiger partial charge >= 0.3 is 5.97 Å². The van der Waals surface area contributed by atoms with Gasteiger partial charge in [0.25, 0.3) is 0 Å². The molecule has 164 valence electrons. The van der Waals surface area contributed by atoms with E-state index in [-0.39, 0.29) is 19.4 Å². The molecule has 2 aromatic heterocycles. The first kappa shape index (κ1) is 21.5. The first-order valence-electron chi connectivity index (χ1n) is 9.81. The first-order valence-corrected chi connectivity index (χ1v) is 10.7. The quantitative estimate of drug-likeness (QED) is 0.341. The average Bonchev–Trinajstić information content (AvgIpc) is 3.47. The number of hydrogen-bond acceptors (Lipinski definition) is 8. The number of aryl methyl sites for hydroxylation is 1. The van der Waals surface area contributed by atoms with Crippen LogP contribution in [-0.2, 0) is 22.6 Å². The van der Waals surface area contributed by atoms with E-state index in [0.29, 0.717) is 28.0 Å². The number of halogens is 1. The highest BCUT2D eigenvalue weighted by Crippen LogP contribution is 2.25. The third-order valence-corrected chi connectivity index (χ3v) is 5.32. The van der Waals surface area contributed by atoms with E-state index in [1.165, 1.54) is 23.6 Å². The molecule has 0 saturated carbocycles. The van der Waals surface area contributed by atoms with E-state index < -0.39 is 11.8 Å². The summed E-state index contributed by atoms with van der Waals surface area (Å²) in [5.74, 6) is 0.660. The number of nitrogens with one attached hydrogen (secondary N) is 1. The van der Waals surface area contributed by atoms with Crippen molar-refractivity contribution in [3.63, 3.8) is 0 Å². The maximum atomic E-state index is 13.8. The Morgan fingerprint density at radius 2 is 2.00 bits per heavy atom. The summed E-state index contributed by atoms with van der Waals surface area (Å²) in [5, 5.41) is 5.72. The highest BCUT2D eigenvalue weighted by atomic mass is 32.1. The monoisotopic (exact) mass is 453 g/mol. The van der Waals surface area contributed by atoms with Crippen LogP contribution >= 0.6 is 11.3 Å². The Hall–Kier alpha value is -3.72. The Morgan fingerprint density at radius 1 is 1.19 bits per heavy atom. The molecule has 0 aliphatic heterocycles. The zero-order valence-corrected chi connectivity index (χ0v) is 18.0. The van der Waals surface area contributed by atoms with E-state index in [2.05, 4.69) is 15.3 Å². The largest absolute Gasteiger partial charge is 0.497 e. The number of nitrogens with zero attached hydrogens (tertiary/aromatic N) is 2. The number of benzene rings is 2. The Bertz CT molecular complexity index is 1190. The topological polar surface area (TPSA) is 86.5 Å². The Morgan fingerprint density at radius 3 is 2.78 bits per heavy atom. The second-order valence-corrected chi connectivity index (χ2v) is 7.61. The van der Waals surface area contributed by atoms with Gasteiger partial charge in [0.2, 0.25) is 0 Å². The summed E-state index contributed by atoms with van der Waals surface area (Å²) in [6, 6.07) is 13.8. The normalized spacial score (nSPS) is 10.7. The van der Waals surface area contributed by atoms with Crippen LogP contribution in [0, 0.1) is 5.82 Å². The maximum absolute atomic E-state index is 13.8. The molecule has 0 aliphatic carbocycles. The van der Waals surface area contributed by atoms with Gasteiger partial charge < -0.3 is 19.2 Å². The van der Waals surface area contributed by atoms with Gasteiger partial charge in [0, 0.05) is 17.5 Å². The molecule has 0 atom stereocenters. The Kier molecular flexibility index (Phi) is 6.76. The SMILES string of the molecule is COc1ccc(Nc2nc(COC(=O)CCc3ncc(-c4ccccc4F)o3)cs2)cc1. The number of thiazole rings is 1. The molecular weight excluding hydrogens is 433 g/mol. The molecule has 2 aromatic carbocycles. The number of oxazole rings is 1. The average molecular weight is 453 g/mol. The molecule has 9 heteroatoms. The van der Waals surface area contributed by atoms with E-state index in [0.717, 1.165) is 11.4 Å². The number of carbonyl (C=O) groups excluding carboxylic acids is 1. The third-order valence-electron chi connectivity index (χ3n) is 4.51. The van der Waals surface area contributed by atoms with Crippen molar-refractivity contribution in [3.8, 4) is 17.1 Å². The van der Waals surface area contributed by atoms with E-state index in [9.17, 15) is 9.18 Å². The van der Waals surface area contributed by atoms with Crippen molar-refractivity contribution >= 4 is 28.1 Å². The van der Waals surface area contributed by atoms with E-state index >= 15 is 0 Å². The summed E-state index contributed by atoms with van der Waals surface area (Å²) in [7, 11) is 1.62. The number of hydrogen-bond donors (Lipinski definition) is 1. The van der Waals surface area contributed by atoms with E-state index in [1.807, 2.05) is 29.6 Å². The number of esters is 1. The van der Waals surface area contributed by atoms with Gasteiger partial charge in [-0.25, -0.2) is 14.4 Å². The van der Waals surface area contributed by atoms with Crippen LogP contribution in [0.25, 0.3) is 11.3 Å². The second-order valence-electron chi connectivity index (χ2n) is 6.76. The van der Waals surface area contributed by atoms with Gasteiger partial charge in [-0.1, -0.05) is 12.1 Å². The Labute approximate surface area is 187 Å². The number of methoxy groups -OCH3 is 1. The van der Waals surface area contributed by atoms with Crippen LogP contribution < -0.4 is 10.1 Å². The molecule has 2 heterocycles. The summed E-state index contributed by atoms with van der Waals surface area (Å²) in [6.45, 7) is 0.0751. The summed E-state index contributed by atoms with van der Waals surface area (Å²) in [5.41, 5.74) is 1.86. The van der Waals surface area contributed by atoms with Crippen LogP contribution in [0.15, 0.2) is 64.5 Å². The standard InChI is InChI=1S/C23H20FN3O4S/c1-29-17-8-6-15(7-9-17)26-23-27-16(14-32-23)13-30-22(28)11-10-21-25-12-20(31-21)18-4-2-3-5-19(18)24/h2-9,12,14H,10-11,13H2,1H3,(H,26,27). The van der Waals surface area contributed by atoms with E-state index in [4.69, 9.17) is 13.9 Å². The molecular formula is C23H20FN3O4S. The molecule has 0 aliphatic rings. The maximum Gasteiger partial charge on any atom is 0.306 e. The van der Waals surface area contributed by atoms with Crippen molar-refractivity contribution in [2.45, 2.75) is 19.4 Å². The van der Waals surface area contributed by atoms with Crippen LogP contribution in [0.1, 0.15) is 18.0 Å². The molecule has 0 unspecified atom stereocenters. The summed E-state index contributed by atoms with van der Waals surface area (Å²) < 4.78 is 29.8. The zero-order valence-electron chi connectivity index (χ0n) is 17.2. The van der Waals surface area contributed by atoms with Gasteiger partial charge in [-0.3, -0.25) is 4.79 Å². The number of aromatic nitrogens is 2. The second kappa shape index (κ2) is 10.1. The lowest BCUT2D eigenvalue weighted by Gasteiger charge is -2.04. The molecule has 32 heavy (non-hydrogen) atoms. The van der Waals surface area contributed by atoms with Gasteiger partial charge in [-0.15, -0.1) is 11.3 Å². The fraction of sp³-hybridized carbons (Fsp3) is 0.174. The molecule has 4 aromatic rings. The van der Waals surface area contributed by atoms with Crippen LogP contribution in [0.4, 0.5) is 15.2 Å². The molecule has 0 amide bonds. The lowest BCUT2D eigenvalue weighted by molar-refractivity contribution is -0.145. The highest BCUT2D eigenvalue weighted by Gasteiger charge is 2.13. The zero-order chi connectivity index (χ0) is 22.3. The minimum Gasteiger partial charge on any atom is -0.497 e. The lowest BCUT2D eigenvalue weighted by atomic mass is 10.2. The molecule has 0 bridgehead atoms. The Balaban J connectivity index is 1.24. The van der Waals surface area contributed by atoms with Gasteiger partial charge in [0.15, 0.2) is 16.8 Å². The smallest absolute Gasteiger partial charge is 0.306 e. The third kappa shape index (κ3) is 5.50. The first-order chi connectivity index (χ1) is 15.6. The van der Waals surface area contributed by atoms with Crippen LogP contribution in [-0.4, -0.2) is 23.0 Å². The minimum absolute atomic E-state index is 0.0751. The molecule has 0 saturated heterocycles. The van der Waals surface area contributed by atoms with Crippen LogP contribution in [0.5, 0.6) is 5.75 Å². The highest BCUT2D eigenvalue weighted by molar-refractivity contribution is 7.13.